The van der Waals surface area contributed by atoms with Crippen molar-refractivity contribution in [3.63, 3.8) is 0 Å². The largest absolute Gasteiger partial charge is 0.497 e. The van der Waals surface area contributed by atoms with Gasteiger partial charge in [0.1, 0.15) is 27.2 Å². The molecule has 0 unspecified atom stereocenters. The number of thiol groups is 1. The van der Waals surface area contributed by atoms with Gasteiger partial charge in [-0.05, 0) is 29.7 Å². The van der Waals surface area contributed by atoms with Crippen LogP contribution in [0.15, 0.2) is 29.2 Å². The molecule has 0 aromatic heterocycles. The van der Waals surface area contributed by atoms with Crippen LogP contribution in [0.3, 0.4) is 0 Å². The second kappa shape index (κ2) is 6.56. The molecule has 0 saturated carbocycles. The van der Waals surface area contributed by atoms with Crippen molar-refractivity contribution in [2.45, 2.75) is 31.1 Å². The Morgan fingerprint density at radius 3 is 1.78 bits per heavy atom. The second-order valence-corrected chi connectivity index (χ2v) is 6.64. The van der Waals surface area contributed by atoms with Crippen molar-refractivity contribution in [3.8, 4) is 11.5 Å². The molecule has 0 aliphatic carbocycles. The second-order valence-electron chi connectivity index (χ2n) is 6.16. The topological polar surface area (TPSA) is 18.5 Å². The van der Waals surface area contributed by atoms with E-state index in [4.69, 9.17) is 25.2 Å². The Balaban J connectivity index is 2.59. The molecule has 0 aliphatic rings. The molecule has 0 spiro atoms. The summed E-state index contributed by atoms with van der Waals surface area (Å²) in [5.74, 6) is 1.31. The Kier molecular flexibility index (Phi) is 5.10. The highest BCUT2D eigenvalue weighted by atomic mass is 32.1. The van der Waals surface area contributed by atoms with Crippen molar-refractivity contribution >= 4 is 39.2 Å². The maximum atomic E-state index is 6.13. The minimum atomic E-state index is -0.289. The fourth-order valence-electron chi connectivity index (χ4n) is 2.83. The van der Waals surface area contributed by atoms with Gasteiger partial charge in [-0.2, -0.15) is 0 Å². The summed E-state index contributed by atoms with van der Waals surface area (Å²) in [5, 5.41) is 0. The molecule has 5 heteroatoms. The highest BCUT2D eigenvalue weighted by Crippen LogP contribution is 2.35. The van der Waals surface area contributed by atoms with Gasteiger partial charge in [0.05, 0.1) is 14.2 Å². The van der Waals surface area contributed by atoms with Crippen LogP contribution in [-0.4, -0.2) is 29.9 Å². The maximum Gasteiger partial charge on any atom is 0.125 e. The van der Waals surface area contributed by atoms with Crippen LogP contribution in [-0.2, 0) is 5.41 Å². The zero-order valence-corrected chi connectivity index (χ0v) is 15.1. The molecule has 0 fully saturated rings. The standard InChI is InChI=1S/C18H20B2O2S/c1-10-6-11(7-13(19)16(10)21-4)18(2,3)12-8-14(20)17(22-5)15(23)9-12/h6-9,23H,1-5H3. The van der Waals surface area contributed by atoms with Crippen LogP contribution in [0.2, 0.25) is 0 Å². The summed E-state index contributed by atoms with van der Waals surface area (Å²) in [6, 6.07) is 7.95. The summed E-state index contributed by atoms with van der Waals surface area (Å²) in [6.45, 7) is 6.24. The first kappa shape index (κ1) is 17.9. The number of benzene rings is 2. The van der Waals surface area contributed by atoms with E-state index in [-0.39, 0.29) is 5.41 Å². The number of rotatable bonds is 4. The highest BCUT2D eigenvalue weighted by molar-refractivity contribution is 7.80. The molecule has 4 radical (unpaired) electrons. The van der Waals surface area contributed by atoms with Crippen LogP contribution in [0.4, 0.5) is 0 Å². The van der Waals surface area contributed by atoms with Crippen LogP contribution in [0.1, 0.15) is 30.5 Å². The van der Waals surface area contributed by atoms with Crippen LogP contribution in [0.5, 0.6) is 11.5 Å². The smallest absolute Gasteiger partial charge is 0.125 e. The van der Waals surface area contributed by atoms with Crippen LogP contribution in [0.25, 0.3) is 0 Å². The van der Waals surface area contributed by atoms with E-state index in [1.54, 1.807) is 14.2 Å². The molecule has 0 atom stereocenters. The van der Waals surface area contributed by atoms with Crippen LogP contribution in [0, 0.1) is 6.92 Å². The Bertz CT molecular complexity index is 634. The Labute approximate surface area is 146 Å². The Morgan fingerprint density at radius 2 is 1.35 bits per heavy atom. The van der Waals surface area contributed by atoms with Crippen molar-refractivity contribution in [1.29, 1.82) is 0 Å². The first-order valence-corrected chi connectivity index (χ1v) is 7.78. The van der Waals surface area contributed by atoms with Crippen molar-refractivity contribution in [2.24, 2.45) is 0 Å². The van der Waals surface area contributed by atoms with Gasteiger partial charge in [-0.25, -0.2) is 0 Å². The van der Waals surface area contributed by atoms with E-state index in [0.717, 1.165) is 16.7 Å². The lowest BCUT2D eigenvalue weighted by molar-refractivity contribution is 0.408. The molecule has 116 valence electrons. The zero-order chi connectivity index (χ0) is 17.4. The van der Waals surface area contributed by atoms with Crippen molar-refractivity contribution in [2.75, 3.05) is 14.2 Å². The molecule has 0 saturated heterocycles. The summed E-state index contributed by atoms with van der Waals surface area (Å²) >= 11 is 4.48. The third-order valence-electron chi connectivity index (χ3n) is 4.25. The van der Waals surface area contributed by atoms with E-state index in [1.807, 2.05) is 25.1 Å². The van der Waals surface area contributed by atoms with Crippen molar-refractivity contribution < 1.29 is 9.47 Å². The average Bonchev–Trinajstić information content (AvgIpc) is 2.46. The Morgan fingerprint density at radius 1 is 0.870 bits per heavy atom. The number of methoxy groups -OCH3 is 2. The van der Waals surface area contributed by atoms with Gasteiger partial charge in [-0.3, -0.25) is 0 Å². The first-order valence-electron chi connectivity index (χ1n) is 7.34. The zero-order valence-electron chi connectivity index (χ0n) is 14.2. The molecular formula is C18H20B2O2S. The summed E-state index contributed by atoms with van der Waals surface area (Å²) in [5.41, 5.74) is 4.05. The van der Waals surface area contributed by atoms with E-state index < -0.39 is 0 Å². The van der Waals surface area contributed by atoms with Gasteiger partial charge in [0.15, 0.2) is 0 Å². The molecule has 0 N–H and O–H groups in total. The van der Waals surface area contributed by atoms with E-state index >= 15 is 0 Å². The summed E-state index contributed by atoms with van der Waals surface area (Å²) in [4.78, 5) is 0.716. The minimum absolute atomic E-state index is 0.289. The number of aryl methyl sites for hydroxylation is 1. The number of ether oxygens (including phenoxy) is 2. The SMILES string of the molecule is [B]c1cc(C(C)(C)c2cc([B])c(OC)c(S)c2)cc(C)c1OC. The molecular weight excluding hydrogens is 302 g/mol. The summed E-state index contributed by atoms with van der Waals surface area (Å²) in [7, 11) is 15.4. The lowest BCUT2D eigenvalue weighted by Gasteiger charge is -2.29. The Hall–Kier alpha value is -1.48. The van der Waals surface area contributed by atoms with Crippen molar-refractivity contribution in [3.05, 3.63) is 41.0 Å². The summed E-state index contributed by atoms with van der Waals surface area (Å²) in [6.07, 6.45) is 0. The fourth-order valence-corrected chi connectivity index (χ4v) is 3.19. The molecule has 0 heterocycles. The highest BCUT2D eigenvalue weighted by Gasteiger charge is 2.26. The van der Waals surface area contributed by atoms with Crippen LogP contribution >= 0.6 is 12.6 Å². The minimum Gasteiger partial charge on any atom is -0.497 e. The van der Waals surface area contributed by atoms with Crippen molar-refractivity contribution in [1.82, 2.24) is 0 Å². The normalized spacial score (nSPS) is 11.4. The predicted molar refractivity (Wildman–Crippen MR) is 101 cm³/mol. The number of hydrogen-bond donors (Lipinski definition) is 1. The third kappa shape index (κ3) is 3.25. The molecule has 0 amide bonds. The lowest BCUT2D eigenvalue weighted by atomic mass is 9.74. The van der Waals surface area contributed by atoms with E-state index in [9.17, 15) is 0 Å². The quantitative estimate of drug-likeness (QED) is 0.687. The van der Waals surface area contributed by atoms with E-state index in [1.165, 1.54) is 0 Å². The molecule has 2 nitrogen and oxygen atoms in total. The molecule has 2 rings (SSSR count). The van der Waals surface area contributed by atoms with Gasteiger partial charge in [0.2, 0.25) is 0 Å². The van der Waals surface area contributed by atoms with E-state index in [2.05, 4.69) is 32.5 Å². The predicted octanol–water partition coefficient (Wildman–Crippen LogP) is 2.21. The molecule has 23 heavy (non-hydrogen) atoms. The number of hydrogen-bond acceptors (Lipinski definition) is 3. The van der Waals surface area contributed by atoms with E-state index in [0.29, 0.717) is 27.3 Å². The van der Waals surface area contributed by atoms with Gasteiger partial charge in [-0.1, -0.05) is 43.0 Å². The molecule has 2 aromatic rings. The molecule has 2 aromatic carbocycles. The summed E-state index contributed by atoms with van der Waals surface area (Å²) < 4.78 is 10.6. The van der Waals surface area contributed by atoms with Gasteiger partial charge < -0.3 is 9.47 Å². The monoisotopic (exact) mass is 322 g/mol. The first-order chi connectivity index (χ1) is 10.7. The van der Waals surface area contributed by atoms with Gasteiger partial charge >= 0.3 is 0 Å². The lowest BCUT2D eigenvalue weighted by Crippen LogP contribution is -2.24. The van der Waals surface area contributed by atoms with Gasteiger partial charge in [-0.15, -0.1) is 12.6 Å². The van der Waals surface area contributed by atoms with Gasteiger partial charge in [0.25, 0.3) is 0 Å². The maximum absolute atomic E-state index is 6.13. The average molecular weight is 322 g/mol. The third-order valence-corrected chi connectivity index (χ3v) is 4.59. The van der Waals surface area contributed by atoms with Crippen LogP contribution < -0.4 is 20.4 Å². The fraction of sp³-hybridized carbons (Fsp3) is 0.333. The molecule has 0 aliphatic heterocycles. The van der Waals surface area contributed by atoms with Gasteiger partial charge in [0, 0.05) is 10.3 Å². The molecule has 0 bridgehead atoms.